The first-order chi connectivity index (χ1) is 9.15. The van der Waals surface area contributed by atoms with E-state index in [1.807, 2.05) is 0 Å². The van der Waals surface area contributed by atoms with Gasteiger partial charge in [0.2, 0.25) is 0 Å². The van der Waals surface area contributed by atoms with E-state index in [0.717, 1.165) is 11.7 Å². The van der Waals surface area contributed by atoms with Gasteiger partial charge in [0.15, 0.2) is 0 Å². The Morgan fingerprint density at radius 2 is 2.21 bits per heavy atom. The van der Waals surface area contributed by atoms with Gasteiger partial charge in [-0.15, -0.1) is 0 Å². The molecule has 0 bridgehead atoms. The molecule has 0 aromatic heterocycles. The topological polar surface area (TPSA) is 21.3 Å². The summed E-state index contributed by atoms with van der Waals surface area (Å²) in [6, 6.07) is 7.33. The van der Waals surface area contributed by atoms with Crippen molar-refractivity contribution < 1.29 is 4.74 Å². The summed E-state index contributed by atoms with van der Waals surface area (Å²) in [7, 11) is 3.88. The second kappa shape index (κ2) is 4.52. The van der Waals surface area contributed by atoms with E-state index in [1.165, 1.54) is 24.8 Å². The van der Waals surface area contributed by atoms with Crippen molar-refractivity contribution in [2.75, 3.05) is 14.2 Å². The number of aryl methyl sites for hydroxylation is 1. The quantitative estimate of drug-likeness (QED) is 0.898. The minimum absolute atomic E-state index is 0.390. The first-order valence-electron chi connectivity index (χ1n) is 7.49. The van der Waals surface area contributed by atoms with Crippen LogP contribution in [0.15, 0.2) is 18.2 Å². The zero-order chi connectivity index (χ0) is 13.6. The molecular formula is C17H25NO. The zero-order valence-corrected chi connectivity index (χ0v) is 12.5. The van der Waals surface area contributed by atoms with E-state index in [0.29, 0.717) is 17.4 Å². The fourth-order valence-electron chi connectivity index (χ4n) is 4.69. The van der Waals surface area contributed by atoms with Gasteiger partial charge in [-0.3, -0.25) is 0 Å². The highest BCUT2D eigenvalue weighted by atomic mass is 16.5. The Morgan fingerprint density at radius 1 is 1.42 bits per heavy atom. The summed E-state index contributed by atoms with van der Waals surface area (Å²) in [5.41, 5.74) is 3.48. The molecule has 2 aliphatic carbocycles. The highest BCUT2D eigenvalue weighted by Gasteiger charge is 2.58. The second-order valence-corrected chi connectivity index (χ2v) is 6.37. The third-order valence-electron chi connectivity index (χ3n) is 5.79. The molecule has 0 saturated heterocycles. The van der Waals surface area contributed by atoms with Crippen molar-refractivity contribution in [1.82, 2.24) is 5.32 Å². The van der Waals surface area contributed by atoms with Crippen molar-refractivity contribution in [2.45, 2.75) is 45.1 Å². The van der Waals surface area contributed by atoms with Gasteiger partial charge in [-0.25, -0.2) is 0 Å². The molecule has 19 heavy (non-hydrogen) atoms. The van der Waals surface area contributed by atoms with E-state index in [-0.39, 0.29) is 0 Å². The monoisotopic (exact) mass is 259 g/mol. The van der Waals surface area contributed by atoms with Gasteiger partial charge in [-0.05, 0) is 66.8 Å². The molecule has 4 unspecified atom stereocenters. The lowest BCUT2D eigenvalue weighted by Gasteiger charge is -2.62. The Kier molecular flexibility index (Phi) is 3.09. The lowest BCUT2D eigenvalue weighted by atomic mass is 9.45. The molecule has 104 valence electrons. The number of methoxy groups -OCH3 is 1. The largest absolute Gasteiger partial charge is 0.497 e. The molecule has 2 nitrogen and oxygen atoms in total. The van der Waals surface area contributed by atoms with Crippen molar-refractivity contribution in [3.05, 3.63) is 29.3 Å². The molecule has 0 spiro atoms. The predicted octanol–water partition coefficient (Wildman–Crippen LogP) is 3.36. The molecule has 2 heteroatoms. The van der Waals surface area contributed by atoms with Crippen LogP contribution in [-0.4, -0.2) is 20.2 Å². The molecule has 1 fully saturated rings. The maximum absolute atomic E-state index is 5.43. The molecule has 1 saturated carbocycles. The molecule has 1 aromatic rings. The van der Waals surface area contributed by atoms with Gasteiger partial charge in [0, 0.05) is 6.04 Å². The minimum Gasteiger partial charge on any atom is -0.497 e. The van der Waals surface area contributed by atoms with Gasteiger partial charge < -0.3 is 10.1 Å². The average Bonchev–Trinajstić information content (AvgIpc) is 2.44. The normalized spacial score (nSPS) is 36.1. The SMILES string of the molecule is CCC1(C)C(NC)C2CCc3ccc(OC)cc3C21. The number of hydrogen-bond acceptors (Lipinski definition) is 2. The number of hydrogen-bond donors (Lipinski definition) is 1. The Hall–Kier alpha value is -1.02. The molecule has 0 amide bonds. The molecule has 0 heterocycles. The summed E-state index contributed by atoms with van der Waals surface area (Å²) in [5, 5.41) is 3.57. The van der Waals surface area contributed by atoms with Crippen molar-refractivity contribution in [1.29, 1.82) is 0 Å². The minimum atomic E-state index is 0.390. The van der Waals surface area contributed by atoms with Crippen LogP contribution in [0.5, 0.6) is 5.75 Å². The molecule has 3 rings (SSSR count). The number of fused-ring (bicyclic) bond motifs is 3. The summed E-state index contributed by atoms with van der Waals surface area (Å²) in [6.45, 7) is 4.78. The molecule has 2 aliphatic rings. The standard InChI is InChI=1S/C17H25NO/c1-5-17(2)15-13(16(17)18-3)9-7-11-6-8-12(19-4)10-14(11)15/h6,8,10,13,15-16,18H,5,7,9H2,1-4H3. The second-order valence-electron chi connectivity index (χ2n) is 6.37. The average molecular weight is 259 g/mol. The van der Waals surface area contributed by atoms with Crippen molar-refractivity contribution in [3.8, 4) is 5.75 Å². The Morgan fingerprint density at radius 3 is 2.84 bits per heavy atom. The molecule has 1 aromatic carbocycles. The van der Waals surface area contributed by atoms with Crippen LogP contribution in [0.1, 0.15) is 43.7 Å². The van der Waals surface area contributed by atoms with Crippen LogP contribution in [0, 0.1) is 11.3 Å². The van der Waals surface area contributed by atoms with E-state index in [9.17, 15) is 0 Å². The van der Waals surface area contributed by atoms with E-state index in [1.54, 1.807) is 12.7 Å². The lowest BCUT2D eigenvalue weighted by molar-refractivity contribution is -0.0361. The zero-order valence-electron chi connectivity index (χ0n) is 12.5. The molecule has 4 atom stereocenters. The van der Waals surface area contributed by atoms with E-state index in [4.69, 9.17) is 4.74 Å². The van der Waals surface area contributed by atoms with E-state index in [2.05, 4.69) is 44.4 Å². The van der Waals surface area contributed by atoms with E-state index >= 15 is 0 Å². The van der Waals surface area contributed by atoms with Crippen LogP contribution in [-0.2, 0) is 6.42 Å². The summed E-state index contributed by atoms with van der Waals surface area (Å²) in [6.07, 6.45) is 3.78. The van der Waals surface area contributed by atoms with Gasteiger partial charge >= 0.3 is 0 Å². The van der Waals surface area contributed by atoms with Gasteiger partial charge in [0.25, 0.3) is 0 Å². The van der Waals surface area contributed by atoms with Gasteiger partial charge in [0.05, 0.1) is 7.11 Å². The van der Waals surface area contributed by atoms with Crippen LogP contribution < -0.4 is 10.1 Å². The predicted molar refractivity (Wildman–Crippen MR) is 78.8 cm³/mol. The van der Waals surface area contributed by atoms with Crippen molar-refractivity contribution in [3.63, 3.8) is 0 Å². The van der Waals surface area contributed by atoms with Crippen LogP contribution in [0.4, 0.5) is 0 Å². The molecular weight excluding hydrogens is 234 g/mol. The Balaban J connectivity index is 2.03. The maximum Gasteiger partial charge on any atom is 0.119 e. The fraction of sp³-hybridized carbons (Fsp3) is 0.647. The highest BCUT2D eigenvalue weighted by Crippen LogP contribution is 2.62. The molecule has 1 N–H and O–H groups in total. The number of nitrogens with one attached hydrogen (secondary N) is 1. The van der Waals surface area contributed by atoms with Crippen molar-refractivity contribution >= 4 is 0 Å². The van der Waals surface area contributed by atoms with Gasteiger partial charge in [-0.1, -0.05) is 19.9 Å². The smallest absolute Gasteiger partial charge is 0.119 e. The first-order valence-corrected chi connectivity index (χ1v) is 7.49. The third kappa shape index (κ3) is 1.66. The Labute approximate surface area is 116 Å². The van der Waals surface area contributed by atoms with Gasteiger partial charge in [-0.2, -0.15) is 0 Å². The lowest BCUT2D eigenvalue weighted by Crippen LogP contribution is -2.64. The summed E-state index contributed by atoms with van der Waals surface area (Å²) >= 11 is 0. The number of benzene rings is 1. The van der Waals surface area contributed by atoms with Crippen LogP contribution in [0.3, 0.4) is 0 Å². The number of ether oxygens (including phenoxy) is 1. The van der Waals surface area contributed by atoms with Crippen LogP contribution in [0.25, 0.3) is 0 Å². The summed E-state index contributed by atoms with van der Waals surface area (Å²) < 4.78 is 5.43. The van der Waals surface area contributed by atoms with Gasteiger partial charge in [0.1, 0.15) is 5.75 Å². The summed E-state index contributed by atoms with van der Waals surface area (Å²) in [4.78, 5) is 0. The molecule has 0 radical (unpaired) electrons. The first kappa shape index (κ1) is 13.0. The fourth-order valence-corrected chi connectivity index (χ4v) is 4.69. The number of rotatable bonds is 3. The third-order valence-corrected chi connectivity index (χ3v) is 5.79. The molecule has 0 aliphatic heterocycles. The highest BCUT2D eigenvalue weighted by molar-refractivity contribution is 5.44. The summed E-state index contributed by atoms with van der Waals surface area (Å²) in [5.74, 6) is 2.51. The van der Waals surface area contributed by atoms with Crippen molar-refractivity contribution in [2.24, 2.45) is 11.3 Å². The maximum atomic E-state index is 5.43. The Bertz CT molecular complexity index is 484. The van der Waals surface area contributed by atoms with Crippen LogP contribution in [0.2, 0.25) is 0 Å². The van der Waals surface area contributed by atoms with E-state index < -0.39 is 0 Å². The van der Waals surface area contributed by atoms with Crippen LogP contribution >= 0.6 is 0 Å².